The van der Waals surface area contributed by atoms with Gasteiger partial charge in [0.2, 0.25) is 0 Å². The van der Waals surface area contributed by atoms with E-state index in [0.717, 1.165) is 24.7 Å². The van der Waals surface area contributed by atoms with Crippen LogP contribution in [0.5, 0.6) is 0 Å². The maximum Gasteiger partial charge on any atom is 0.254 e. The van der Waals surface area contributed by atoms with Crippen molar-refractivity contribution < 1.29 is 13.2 Å². The van der Waals surface area contributed by atoms with Gasteiger partial charge in [0.15, 0.2) is 9.84 Å². The fourth-order valence-corrected chi connectivity index (χ4v) is 3.92. The van der Waals surface area contributed by atoms with Gasteiger partial charge in [0.25, 0.3) is 5.91 Å². The number of amides is 1. The van der Waals surface area contributed by atoms with Crippen LogP contribution in [-0.4, -0.2) is 31.5 Å². The number of carbonyl (C=O) groups excluding carboxylic acids is 1. The summed E-state index contributed by atoms with van der Waals surface area (Å²) in [7, 11) is -3.48. The molecule has 4 nitrogen and oxygen atoms in total. The number of halogens is 1. The zero-order valence-corrected chi connectivity index (χ0v) is 14.8. The fraction of sp³-hybridized carbons (Fsp3) is 0.278. The number of sulfone groups is 1. The van der Waals surface area contributed by atoms with Crippen LogP contribution in [0.4, 0.5) is 0 Å². The van der Waals surface area contributed by atoms with Crippen LogP contribution in [0.3, 0.4) is 0 Å². The molecule has 0 saturated heterocycles. The van der Waals surface area contributed by atoms with Crippen LogP contribution in [0, 0.1) is 0 Å². The van der Waals surface area contributed by atoms with Gasteiger partial charge in [-0.25, -0.2) is 8.42 Å². The van der Waals surface area contributed by atoms with E-state index in [2.05, 4.69) is 0 Å². The third-order valence-corrected chi connectivity index (χ3v) is 5.60. The Hall–Kier alpha value is -1.85. The smallest absolute Gasteiger partial charge is 0.254 e. The Kier molecular flexibility index (Phi) is 4.65. The first kappa shape index (κ1) is 17.0. The van der Waals surface area contributed by atoms with E-state index in [1.165, 1.54) is 12.1 Å². The molecular formula is C18H18ClNO3S. The molecule has 0 spiro atoms. The van der Waals surface area contributed by atoms with E-state index in [0.29, 0.717) is 12.1 Å². The molecule has 3 rings (SSSR count). The lowest BCUT2D eigenvalue weighted by atomic mass is 10.1. The highest BCUT2D eigenvalue weighted by Crippen LogP contribution is 2.31. The molecule has 0 bridgehead atoms. The van der Waals surface area contributed by atoms with Crippen LogP contribution in [0.1, 0.15) is 28.8 Å². The van der Waals surface area contributed by atoms with E-state index in [1.54, 1.807) is 6.07 Å². The minimum atomic E-state index is -3.48. The van der Waals surface area contributed by atoms with E-state index in [4.69, 9.17) is 11.6 Å². The number of rotatable bonds is 5. The van der Waals surface area contributed by atoms with E-state index >= 15 is 0 Å². The molecule has 0 aliphatic heterocycles. The van der Waals surface area contributed by atoms with E-state index in [1.807, 2.05) is 35.2 Å². The number of hydrogen-bond donors (Lipinski definition) is 0. The van der Waals surface area contributed by atoms with Gasteiger partial charge in [0.1, 0.15) is 0 Å². The average molecular weight is 364 g/mol. The molecule has 1 amide bonds. The minimum absolute atomic E-state index is 0.00882. The number of benzene rings is 2. The number of carbonyl (C=O) groups is 1. The van der Waals surface area contributed by atoms with Crippen molar-refractivity contribution in [2.24, 2.45) is 0 Å². The molecule has 24 heavy (non-hydrogen) atoms. The van der Waals surface area contributed by atoms with Gasteiger partial charge in [-0.15, -0.1) is 0 Å². The summed E-state index contributed by atoms with van der Waals surface area (Å²) in [6, 6.07) is 14.4. The molecule has 0 heterocycles. The third kappa shape index (κ3) is 3.79. The average Bonchev–Trinajstić information content (AvgIpc) is 3.37. The first-order valence-electron chi connectivity index (χ1n) is 7.71. The fourth-order valence-electron chi connectivity index (χ4n) is 2.62. The topological polar surface area (TPSA) is 54.5 Å². The Morgan fingerprint density at radius 1 is 1.17 bits per heavy atom. The van der Waals surface area contributed by atoms with Crippen molar-refractivity contribution in [1.82, 2.24) is 4.90 Å². The first-order chi connectivity index (χ1) is 11.4. The van der Waals surface area contributed by atoms with Crippen LogP contribution in [0.15, 0.2) is 53.4 Å². The standard InChI is InChI=1S/C18H18ClNO3S/c1-24(22,23)17-11-14(7-10-16(17)19)18(21)20(15-8-9-15)12-13-5-3-2-4-6-13/h2-7,10-11,15H,8-9,12H2,1H3. The van der Waals surface area contributed by atoms with Crippen LogP contribution >= 0.6 is 11.6 Å². The zero-order valence-electron chi connectivity index (χ0n) is 13.3. The van der Waals surface area contributed by atoms with Crippen molar-refractivity contribution in [1.29, 1.82) is 0 Å². The van der Waals surface area contributed by atoms with Crippen LogP contribution in [0.2, 0.25) is 5.02 Å². The van der Waals surface area contributed by atoms with Gasteiger partial charge in [-0.05, 0) is 36.6 Å². The number of nitrogens with zero attached hydrogens (tertiary/aromatic N) is 1. The lowest BCUT2D eigenvalue weighted by Gasteiger charge is -2.23. The third-order valence-electron chi connectivity index (χ3n) is 4.02. The van der Waals surface area contributed by atoms with Crippen molar-refractivity contribution in [2.75, 3.05) is 6.26 Å². The predicted molar refractivity (Wildman–Crippen MR) is 93.9 cm³/mol. The lowest BCUT2D eigenvalue weighted by molar-refractivity contribution is 0.0729. The molecule has 2 aromatic carbocycles. The maximum atomic E-state index is 12.9. The maximum absolute atomic E-state index is 12.9. The van der Waals surface area contributed by atoms with E-state index < -0.39 is 9.84 Å². The number of hydrogen-bond acceptors (Lipinski definition) is 3. The summed E-state index contributed by atoms with van der Waals surface area (Å²) in [6.07, 6.45) is 3.04. The molecule has 0 aromatic heterocycles. The van der Waals surface area contributed by atoms with Gasteiger partial charge in [0.05, 0.1) is 9.92 Å². The zero-order chi connectivity index (χ0) is 17.3. The summed E-state index contributed by atoms with van der Waals surface area (Å²) < 4.78 is 23.7. The molecule has 1 saturated carbocycles. The SMILES string of the molecule is CS(=O)(=O)c1cc(C(=O)N(Cc2ccccc2)C2CC2)ccc1Cl. The highest BCUT2D eigenvalue weighted by Gasteiger charge is 2.33. The molecular weight excluding hydrogens is 346 g/mol. The van der Waals surface area contributed by atoms with E-state index in [-0.39, 0.29) is 21.9 Å². The Balaban J connectivity index is 1.91. The van der Waals surface area contributed by atoms with Crippen molar-refractivity contribution >= 4 is 27.3 Å². The highest BCUT2D eigenvalue weighted by atomic mass is 35.5. The Labute approximate surface area is 147 Å². The van der Waals surface area contributed by atoms with Crippen LogP contribution in [-0.2, 0) is 16.4 Å². The summed E-state index contributed by atoms with van der Waals surface area (Å²) in [4.78, 5) is 14.7. The normalized spacial score (nSPS) is 14.4. The van der Waals surface area contributed by atoms with Gasteiger partial charge in [-0.1, -0.05) is 41.9 Å². The van der Waals surface area contributed by atoms with E-state index in [9.17, 15) is 13.2 Å². The quantitative estimate of drug-likeness (QED) is 0.816. The molecule has 0 N–H and O–H groups in total. The minimum Gasteiger partial charge on any atom is -0.331 e. The van der Waals surface area contributed by atoms with Crippen molar-refractivity contribution in [3.05, 3.63) is 64.7 Å². The molecule has 6 heteroatoms. The van der Waals surface area contributed by atoms with Gasteiger partial charge >= 0.3 is 0 Å². The molecule has 1 fully saturated rings. The lowest BCUT2D eigenvalue weighted by Crippen LogP contribution is -2.32. The van der Waals surface area contributed by atoms with Crippen molar-refractivity contribution in [3.8, 4) is 0 Å². The Bertz CT molecular complexity index is 861. The summed E-state index contributed by atoms with van der Waals surface area (Å²) in [6.45, 7) is 0.515. The Morgan fingerprint density at radius 3 is 2.42 bits per heavy atom. The van der Waals surface area contributed by atoms with Crippen molar-refractivity contribution in [3.63, 3.8) is 0 Å². The van der Waals surface area contributed by atoms with Crippen LogP contribution in [0.25, 0.3) is 0 Å². The Morgan fingerprint density at radius 2 is 1.83 bits per heavy atom. The molecule has 126 valence electrons. The van der Waals surface area contributed by atoms with Crippen molar-refractivity contribution in [2.45, 2.75) is 30.3 Å². The molecule has 1 aliphatic carbocycles. The van der Waals surface area contributed by atoms with Crippen LogP contribution < -0.4 is 0 Å². The first-order valence-corrected chi connectivity index (χ1v) is 9.97. The molecule has 1 aliphatic rings. The summed E-state index contributed by atoms with van der Waals surface area (Å²) in [5, 5.41) is 0.134. The second-order valence-electron chi connectivity index (χ2n) is 6.07. The molecule has 2 aromatic rings. The van der Waals surface area contributed by atoms with Gasteiger partial charge in [-0.3, -0.25) is 4.79 Å². The monoisotopic (exact) mass is 363 g/mol. The summed E-state index contributed by atoms with van der Waals surface area (Å²) in [5.74, 6) is -0.164. The van der Waals surface area contributed by atoms with Gasteiger partial charge in [-0.2, -0.15) is 0 Å². The summed E-state index contributed by atoms with van der Waals surface area (Å²) in [5.41, 5.74) is 1.40. The predicted octanol–water partition coefficient (Wildman–Crippen LogP) is 3.55. The second-order valence-corrected chi connectivity index (χ2v) is 8.46. The molecule has 0 radical (unpaired) electrons. The molecule has 0 unspecified atom stereocenters. The largest absolute Gasteiger partial charge is 0.331 e. The van der Waals surface area contributed by atoms with Gasteiger partial charge in [0, 0.05) is 24.4 Å². The highest BCUT2D eigenvalue weighted by molar-refractivity contribution is 7.90. The second kappa shape index (κ2) is 6.57. The summed E-state index contributed by atoms with van der Waals surface area (Å²) >= 11 is 5.97. The molecule has 0 atom stereocenters. The van der Waals surface area contributed by atoms with Gasteiger partial charge < -0.3 is 4.90 Å².